The van der Waals surface area contributed by atoms with Gasteiger partial charge in [-0.05, 0) is 0 Å². The monoisotopic (exact) mass is 490 g/mol. The predicted molar refractivity (Wildman–Crippen MR) is 123 cm³/mol. The molecule has 0 radical (unpaired) electrons. The summed E-state index contributed by atoms with van der Waals surface area (Å²) in [5.74, 6) is -0.382. The molecular formula is C18H15ClN8O3S2. The highest BCUT2D eigenvalue weighted by Crippen LogP contribution is 2.32. The van der Waals surface area contributed by atoms with E-state index >= 15 is 0 Å². The van der Waals surface area contributed by atoms with Crippen LogP contribution in [0.5, 0.6) is 0 Å². The molecule has 0 aromatic carbocycles. The molecule has 0 atom stereocenters. The van der Waals surface area contributed by atoms with Gasteiger partial charge in [0.1, 0.15) is 29.6 Å². The third kappa shape index (κ3) is 3.12. The minimum atomic E-state index is -0.382. The van der Waals surface area contributed by atoms with Crippen LogP contribution >= 0.6 is 34.3 Å². The van der Waals surface area contributed by atoms with Crippen LogP contribution in [0.4, 0.5) is 0 Å². The van der Waals surface area contributed by atoms with Crippen molar-refractivity contribution in [2.24, 2.45) is 14.1 Å². The zero-order chi connectivity index (χ0) is 22.6. The molecule has 5 rings (SSSR count). The van der Waals surface area contributed by atoms with Crippen molar-refractivity contribution in [3.05, 3.63) is 37.3 Å². The van der Waals surface area contributed by atoms with Crippen molar-refractivity contribution in [1.29, 1.82) is 5.41 Å². The van der Waals surface area contributed by atoms with Gasteiger partial charge in [0.25, 0.3) is 11.5 Å². The number of carbonyl (C=O) groups excluding carboxylic acids is 1. The molecule has 1 amide bonds. The summed E-state index contributed by atoms with van der Waals surface area (Å²) >= 11 is 8.59. The average molecular weight is 491 g/mol. The number of ether oxygens (including phenoxy) is 1. The van der Waals surface area contributed by atoms with Crippen LogP contribution in [0, 0.1) is 5.41 Å². The fraction of sp³-hybridized carbons (Fsp3) is 0.222. The number of halogens is 1. The summed E-state index contributed by atoms with van der Waals surface area (Å²) in [5, 5.41) is 18.1. The number of H-pyrrole nitrogens is 1. The molecule has 0 bridgehead atoms. The third-order valence-corrected chi connectivity index (χ3v) is 7.27. The maximum Gasteiger partial charge on any atom is 0.288 e. The number of aromatic amines is 1. The number of hydrogen-bond acceptors (Lipinski definition) is 9. The number of hydrogen-bond donors (Lipinski definition) is 3. The zero-order valence-corrected chi connectivity index (χ0v) is 19.1. The highest BCUT2D eigenvalue weighted by Gasteiger charge is 2.23. The van der Waals surface area contributed by atoms with Crippen molar-refractivity contribution >= 4 is 78.0 Å². The van der Waals surface area contributed by atoms with E-state index in [-0.39, 0.29) is 24.8 Å². The van der Waals surface area contributed by atoms with Crippen molar-refractivity contribution in [3.63, 3.8) is 0 Å². The molecule has 14 heteroatoms. The van der Waals surface area contributed by atoms with Gasteiger partial charge in [-0.1, -0.05) is 22.9 Å². The number of aryl methyl sites for hydroxylation is 2. The van der Waals surface area contributed by atoms with Gasteiger partial charge in [-0.25, -0.2) is 15.1 Å². The van der Waals surface area contributed by atoms with Gasteiger partial charge in [0.05, 0.1) is 15.6 Å². The Morgan fingerprint density at radius 1 is 1.28 bits per heavy atom. The summed E-state index contributed by atoms with van der Waals surface area (Å²) in [5.41, 5.74) is 2.27. The van der Waals surface area contributed by atoms with Crippen LogP contribution in [0.2, 0.25) is 4.47 Å². The Balaban J connectivity index is 1.29. The molecule has 0 unspecified atom stereocenters. The SMILES string of the molecule is Cn1c(C(=O)NCOCc2nc3c(s2)c2cn[nH]c(=O)c2n3C)c(C=N)c2sc(Cl)nc21. The molecule has 0 aliphatic rings. The fourth-order valence-corrected chi connectivity index (χ4v) is 5.84. The van der Waals surface area contributed by atoms with Crippen molar-refractivity contribution in [2.45, 2.75) is 6.61 Å². The first-order valence-corrected chi connectivity index (χ1v) is 11.2. The van der Waals surface area contributed by atoms with E-state index in [0.717, 1.165) is 16.3 Å². The van der Waals surface area contributed by atoms with Gasteiger partial charge in [0.15, 0.2) is 15.8 Å². The van der Waals surface area contributed by atoms with Gasteiger partial charge in [0.2, 0.25) is 0 Å². The molecule has 0 aliphatic carbocycles. The number of thiazole rings is 2. The highest BCUT2D eigenvalue weighted by atomic mass is 35.5. The van der Waals surface area contributed by atoms with Crippen LogP contribution in [0.1, 0.15) is 21.1 Å². The first kappa shape index (κ1) is 20.8. The van der Waals surface area contributed by atoms with E-state index in [1.165, 1.54) is 22.7 Å². The van der Waals surface area contributed by atoms with E-state index in [2.05, 4.69) is 25.5 Å². The maximum atomic E-state index is 12.7. The van der Waals surface area contributed by atoms with Gasteiger partial charge in [-0.3, -0.25) is 9.59 Å². The normalized spacial score (nSPS) is 11.7. The van der Waals surface area contributed by atoms with Crippen molar-refractivity contribution in [1.82, 2.24) is 34.6 Å². The first-order valence-electron chi connectivity index (χ1n) is 9.23. The quantitative estimate of drug-likeness (QED) is 0.189. The van der Waals surface area contributed by atoms with Crippen LogP contribution in [-0.4, -0.2) is 48.2 Å². The summed E-state index contributed by atoms with van der Waals surface area (Å²) in [4.78, 5) is 33.5. The van der Waals surface area contributed by atoms with E-state index in [1.54, 1.807) is 29.4 Å². The number of amides is 1. The van der Waals surface area contributed by atoms with Gasteiger partial charge in [-0.15, -0.1) is 11.3 Å². The highest BCUT2D eigenvalue weighted by molar-refractivity contribution is 7.22. The summed E-state index contributed by atoms with van der Waals surface area (Å²) in [6.07, 6.45) is 2.73. The summed E-state index contributed by atoms with van der Waals surface area (Å²) < 4.78 is 10.8. The Morgan fingerprint density at radius 2 is 2.06 bits per heavy atom. The molecular weight excluding hydrogens is 476 g/mol. The maximum absolute atomic E-state index is 12.7. The van der Waals surface area contributed by atoms with Crippen LogP contribution in [-0.2, 0) is 25.4 Å². The Morgan fingerprint density at radius 3 is 2.84 bits per heavy atom. The minimum Gasteiger partial charge on any atom is -0.354 e. The molecule has 164 valence electrons. The second-order valence-corrected chi connectivity index (χ2v) is 9.53. The summed E-state index contributed by atoms with van der Waals surface area (Å²) in [6, 6.07) is 0. The number of fused-ring (bicyclic) bond motifs is 4. The zero-order valence-electron chi connectivity index (χ0n) is 16.7. The molecule has 0 fully saturated rings. The Labute approximate surface area is 192 Å². The van der Waals surface area contributed by atoms with Crippen LogP contribution in [0.25, 0.3) is 31.6 Å². The van der Waals surface area contributed by atoms with Crippen molar-refractivity contribution in [3.8, 4) is 0 Å². The smallest absolute Gasteiger partial charge is 0.288 e. The second kappa shape index (κ2) is 7.78. The average Bonchev–Trinajstić information content (AvgIpc) is 3.48. The van der Waals surface area contributed by atoms with E-state index in [1.807, 2.05) is 0 Å². The van der Waals surface area contributed by atoms with Crippen LogP contribution in [0.3, 0.4) is 0 Å². The van der Waals surface area contributed by atoms with E-state index < -0.39 is 0 Å². The number of nitrogens with zero attached hydrogens (tertiary/aromatic N) is 5. The van der Waals surface area contributed by atoms with E-state index in [0.29, 0.717) is 42.2 Å². The van der Waals surface area contributed by atoms with Gasteiger partial charge < -0.3 is 24.6 Å². The molecule has 11 nitrogen and oxygen atoms in total. The standard InChI is InChI=1S/C18H15ClN8O3S2/c1-26-10(7(3-20)12-15(26)24-18(19)32-12)16(28)21-6-30-5-9-23-14-13(31-9)8-4-22-25-17(29)11(8)27(14)2/h3-4,20H,5-6H2,1-2H3,(H,21,28)(H,25,29). The van der Waals surface area contributed by atoms with Gasteiger partial charge in [0, 0.05) is 31.3 Å². The second-order valence-electron chi connectivity index (χ2n) is 6.86. The molecule has 5 heterocycles. The summed E-state index contributed by atoms with van der Waals surface area (Å²) in [6.45, 7) is 0.149. The van der Waals surface area contributed by atoms with Gasteiger partial charge >= 0.3 is 0 Å². The Bertz CT molecular complexity index is 1590. The van der Waals surface area contributed by atoms with E-state index in [4.69, 9.17) is 21.7 Å². The molecule has 3 N–H and O–H groups in total. The summed E-state index contributed by atoms with van der Waals surface area (Å²) in [7, 11) is 3.48. The number of nitrogens with one attached hydrogen (secondary N) is 3. The number of carbonyl (C=O) groups is 1. The molecule has 0 saturated carbocycles. The first-order chi connectivity index (χ1) is 15.4. The number of aromatic nitrogens is 6. The molecule has 32 heavy (non-hydrogen) atoms. The lowest BCUT2D eigenvalue weighted by atomic mass is 10.2. The molecule has 0 aliphatic heterocycles. The van der Waals surface area contributed by atoms with Crippen molar-refractivity contribution in [2.75, 3.05) is 6.73 Å². The Hall–Kier alpha value is -3.13. The Kier molecular flexibility index (Phi) is 5.04. The lowest BCUT2D eigenvalue weighted by Crippen LogP contribution is -2.28. The third-order valence-electron chi connectivity index (χ3n) is 5.04. The molecule has 5 aromatic rings. The number of rotatable bonds is 6. The van der Waals surface area contributed by atoms with Crippen LogP contribution < -0.4 is 10.9 Å². The van der Waals surface area contributed by atoms with Crippen LogP contribution in [0.15, 0.2) is 11.0 Å². The van der Waals surface area contributed by atoms with Gasteiger partial charge in [-0.2, -0.15) is 5.10 Å². The minimum absolute atomic E-state index is 0.0405. The predicted octanol–water partition coefficient (Wildman–Crippen LogP) is 2.37. The molecule has 0 spiro atoms. The van der Waals surface area contributed by atoms with E-state index in [9.17, 15) is 9.59 Å². The topological polar surface area (TPSA) is 144 Å². The largest absolute Gasteiger partial charge is 0.354 e. The lowest BCUT2D eigenvalue weighted by Gasteiger charge is -2.07. The fourth-order valence-electron chi connectivity index (χ4n) is 3.65. The molecule has 5 aromatic heterocycles. The van der Waals surface area contributed by atoms with Crippen molar-refractivity contribution < 1.29 is 9.53 Å². The lowest BCUT2D eigenvalue weighted by molar-refractivity contribution is 0.0744. The molecule has 0 saturated heterocycles.